The number of hydrogen-bond acceptors (Lipinski definition) is 2. The molecule has 102 valence electrons. The number of nitrogens with one attached hydrogen (secondary N) is 1. The Kier molecular flexibility index (Phi) is 4.97. The predicted molar refractivity (Wildman–Crippen MR) is 80.6 cm³/mol. The van der Waals surface area contributed by atoms with Gasteiger partial charge >= 0.3 is 0 Å². The van der Waals surface area contributed by atoms with E-state index in [0.29, 0.717) is 0 Å². The first-order valence-electron chi connectivity index (χ1n) is 6.34. The van der Waals surface area contributed by atoms with Gasteiger partial charge in [0, 0.05) is 22.2 Å². The molecule has 19 heavy (non-hydrogen) atoms. The van der Waals surface area contributed by atoms with Gasteiger partial charge in [-0.25, -0.2) is 4.39 Å². The third kappa shape index (κ3) is 3.35. The molecule has 0 aliphatic rings. The van der Waals surface area contributed by atoms with Crippen LogP contribution in [0, 0.1) is 5.82 Å². The molecule has 0 bridgehead atoms. The molecule has 1 N–H and O–H groups in total. The minimum Gasteiger partial charge on any atom is -0.313 e. The van der Waals surface area contributed by atoms with E-state index in [1.807, 2.05) is 13.1 Å². The van der Waals surface area contributed by atoms with Crippen molar-refractivity contribution in [1.29, 1.82) is 0 Å². The fourth-order valence-electron chi connectivity index (χ4n) is 2.08. The molecule has 1 heterocycles. The van der Waals surface area contributed by atoms with Gasteiger partial charge in [-0.15, -0.1) is 11.3 Å². The predicted octanol–water partition coefficient (Wildman–Crippen LogP) is 4.61. The van der Waals surface area contributed by atoms with Crippen molar-refractivity contribution in [3.63, 3.8) is 0 Å². The minimum atomic E-state index is -0.361. The second-order valence-electron chi connectivity index (χ2n) is 4.41. The fraction of sp³-hybridized carbons (Fsp3) is 0.333. The quantitative estimate of drug-likeness (QED) is 0.850. The van der Waals surface area contributed by atoms with Gasteiger partial charge in [-0.2, -0.15) is 0 Å². The Balaban J connectivity index is 2.22. The van der Waals surface area contributed by atoms with Crippen LogP contribution in [0.3, 0.4) is 0 Å². The number of thiophene rings is 1. The maximum atomic E-state index is 13.5. The van der Waals surface area contributed by atoms with Crippen LogP contribution >= 0.6 is 22.9 Å². The van der Waals surface area contributed by atoms with E-state index >= 15 is 0 Å². The molecule has 0 spiro atoms. The van der Waals surface area contributed by atoms with Gasteiger partial charge in [0.05, 0.1) is 5.02 Å². The molecule has 0 saturated heterocycles. The summed E-state index contributed by atoms with van der Waals surface area (Å²) in [5.41, 5.74) is 0.815. The fourth-order valence-corrected chi connectivity index (χ4v) is 3.34. The van der Waals surface area contributed by atoms with Gasteiger partial charge in [0.25, 0.3) is 0 Å². The smallest absolute Gasteiger partial charge is 0.142 e. The molecule has 2 aromatic rings. The average Bonchev–Trinajstić information content (AvgIpc) is 2.87. The van der Waals surface area contributed by atoms with Crippen molar-refractivity contribution in [1.82, 2.24) is 5.32 Å². The number of benzene rings is 1. The van der Waals surface area contributed by atoms with E-state index in [4.69, 9.17) is 11.6 Å². The highest BCUT2D eigenvalue weighted by Gasteiger charge is 2.16. The van der Waals surface area contributed by atoms with E-state index in [0.717, 1.165) is 18.4 Å². The molecule has 2 rings (SSSR count). The van der Waals surface area contributed by atoms with Crippen molar-refractivity contribution in [2.75, 3.05) is 7.05 Å². The zero-order chi connectivity index (χ0) is 13.8. The van der Waals surface area contributed by atoms with E-state index in [9.17, 15) is 4.39 Å². The number of halogens is 2. The molecule has 1 unspecified atom stereocenters. The lowest BCUT2D eigenvalue weighted by atomic mass is 10.0. The zero-order valence-electron chi connectivity index (χ0n) is 11.0. The summed E-state index contributed by atoms with van der Waals surface area (Å²) in [4.78, 5) is 2.66. The van der Waals surface area contributed by atoms with Gasteiger partial charge < -0.3 is 5.32 Å². The van der Waals surface area contributed by atoms with Crippen molar-refractivity contribution in [2.24, 2.45) is 0 Å². The van der Waals surface area contributed by atoms with Gasteiger partial charge in [0.15, 0.2) is 0 Å². The third-order valence-electron chi connectivity index (χ3n) is 3.18. The Hall–Kier alpha value is -0.900. The number of hydrogen-bond donors (Lipinski definition) is 1. The van der Waals surface area contributed by atoms with Crippen molar-refractivity contribution in [2.45, 2.75) is 25.8 Å². The van der Waals surface area contributed by atoms with Crippen LogP contribution < -0.4 is 5.32 Å². The molecular formula is C15H17ClFNS. The SMILES string of the molecule is CCc1ccc(CC(NC)c2cccc(F)c2Cl)s1. The maximum Gasteiger partial charge on any atom is 0.142 e. The van der Waals surface area contributed by atoms with Crippen LogP contribution in [-0.4, -0.2) is 7.05 Å². The largest absolute Gasteiger partial charge is 0.313 e. The molecular weight excluding hydrogens is 281 g/mol. The van der Waals surface area contributed by atoms with Crippen LogP contribution in [0.25, 0.3) is 0 Å². The lowest BCUT2D eigenvalue weighted by Crippen LogP contribution is -2.19. The second-order valence-corrected chi connectivity index (χ2v) is 6.04. The van der Waals surface area contributed by atoms with Gasteiger partial charge in [0.2, 0.25) is 0 Å². The molecule has 0 saturated carbocycles. The minimum absolute atomic E-state index is 0.0338. The molecule has 1 aromatic heterocycles. The summed E-state index contributed by atoms with van der Waals surface area (Å²) in [5, 5.41) is 3.43. The average molecular weight is 298 g/mol. The topological polar surface area (TPSA) is 12.0 Å². The first kappa shape index (κ1) is 14.5. The Morgan fingerprint density at radius 3 is 2.63 bits per heavy atom. The standard InChI is InChI=1S/C15H17ClFNS/c1-3-10-7-8-11(19-10)9-14(18-2)12-5-4-6-13(17)15(12)16/h4-8,14,18H,3,9H2,1-2H3. The molecule has 1 aromatic carbocycles. The highest BCUT2D eigenvalue weighted by atomic mass is 35.5. The van der Waals surface area contributed by atoms with Crippen molar-refractivity contribution in [3.05, 3.63) is 56.5 Å². The molecule has 1 atom stereocenters. The second kappa shape index (κ2) is 6.51. The van der Waals surface area contributed by atoms with E-state index in [1.54, 1.807) is 17.4 Å². The van der Waals surface area contributed by atoms with E-state index in [1.165, 1.54) is 15.8 Å². The van der Waals surface area contributed by atoms with E-state index in [-0.39, 0.29) is 16.9 Å². The van der Waals surface area contributed by atoms with E-state index < -0.39 is 0 Å². The van der Waals surface area contributed by atoms with Crippen LogP contribution in [0.4, 0.5) is 4.39 Å². The Morgan fingerprint density at radius 1 is 1.26 bits per heavy atom. The van der Waals surface area contributed by atoms with Crippen molar-refractivity contribution in [3.8, 4) is 0 Å². The first-order valence-corrected chi connectivity index (χ1v) is 7.54. The van der Waals surface area contributed by atoms with Crippen molar-refractivity contribution < 1.29 is 4.39 Å². The summed E-state index contributed by atoms with van der Waals surface area (Å²) in [6.07, 6.45) is 1.87. The molecule has 0 aliphatic heterocycles. The Bertz CT molecular complexity index is 553. The molecule has 4 heteroatoms. The highest BCUT2D eigenvalue weighted by Crippen LogP contribution is 2.29. The van der Waals surface area contributed by atoms with Crippen LogP contribution in [0.2, 0.25) is 5.02 Å². The van der Waals surface area contributed by atoms with Crippen molar-refractivity contribution >= 4 is 22.9 Å². The zero-order valence-corrected chi connectivity index (χ0v) is 12.6. The summed E-state index contributed by atoms with van der Waals surface area (Å²) in [5.74, 6) is -0.361. The lowest BCUT2D eigenvalue weighted by Gasteiger charge is -2.17. The third-order valence-corrected chi connectivity index (χ3v) is 4.83. The van der Waals surface area contributed by atoms with Crippen LogP contribution in [0.1, 0.15) is 28.3 Å². The summed E-state index contributed by atoms with van der Waals surface area (Å²) in [7, 11) is 1.88. The number of aryl methyl sites for hydroxylation is 1. The normalized spacial score (nSPS) is 12.6. The maximum absolute atomic E-state index is 13.5. The monoisotopic (exact) mass is 297 g/mol. The first-order chi connectivity index (χ1) is 9.15. The van der Waals surface area contributed by atoms with Gasteiger partial charge in [0.1, 0.15) is 5.82 Å². The van der Waals surface area contributed by atoms with Gasteiger partial charge in [-0.3, -0.25) is 0 Å². The molecule has 0 aliphatic carbocycles. The van der Waals surface area contributed by atoms with Crippen LogP contribution in [0.5, 0.6) is 0 Å². The molecule has 0 fully saturated rings. The Labute approximate surface area is 122 Å². The summed E-state index contributed by atoms with van der Waals surface area (Å²) < 4.78 is 13.5. The Morgan fingerprint density at radius 2 is 2.00 bits per heavy atom. The van der Waals surface area contributed by atoms with Gasteiger partial charge in [-0.1, -0.05) is 30.7 Å². The number of rotatable bonds is 5. The molecule has 0 radical (unpaired) electrons. The molecule has 0 amide bonds. The lowest BCUT2D eigenvalue weighted by molar-refractivity contribution is 0.581. The van der Waals surface area contributed by atoms with Crippen LogP contribution in [-0.2, 0) is 12.8 Å². The summed E-state index contributed by atoms with van der Waals surface area (Å²) in [6.45, 7) is 2.15. The number of likely N-dealkylation sites (N-methyl/N-ethyl adjacent to an activating group) is 1. The summed E-state index contributed by atoms with van der Waals surface area (Å²) >= 11 is 7.86. The van der Waals surface area contributed by atoms with E-state index in [2.05, 4.69) is 24.4 Å². The van der Waals surface area contributed by atoms with Gasteiger partial charge in [-0.05, 0) is 37.2 Å². The van der Waals surface area contributed by atoms with Crippen LogP contribution in [0.15, 0.2) is 30.3 Å². The summed E-state index contributed by atoms with van der Waals surface area (Å²) in [6, 6.07) is 9.29. The highest BCUT2D eigenvalue weighted by molar-refractivity contribution is 7.11. The molecule has 1 nitrogen and oxygen atoms in total.